The molecule has 0 saturated heterocycles. The van der Waals surface area contributed by atoms with E-state index in [9.17, 15) is 19.7 Å². The maximum atomic E-state index is 12.3. The van der Waals surface area contributed by atoms with Crippen LogP contribution < -0.4 is 10.1 Å². The Labute approximate surface area is 172 Å². The van der Waals surface area contributed by atoms with Crippen LogP contribution in [0.4, 0.5) is 5.69 Å². The summed E-state index contributed by atoms with van der Waals surface area (Å²) in [5.41, 5.74) is -0.362. The van der Waals surface area contributed by atoms with Gasteiger partial charge in [-0.3, -0.25) is 14.9 Å². The highest BCUT2D eigenvalue weighted by molar-refractivity contribution is 6.30. The van der Waals surface area contributed by atoms with Crippen molar-refractivity contribution in [3.05, 3.63) is 68.7 Å². The lowest BCUT2D eigenvalue weighted by Crippen LogP contribution is -2.25. The Morgan fingerprint density at radius 3 is 2.45 bits per heavy atom. The summed E-state index contributed by atoms with van der Waals surface area (Å²) >= 11 is 5.81. The Kier molecular flexibility index (Phi) is 8.42. The Morgan fingerprint density at radius 2 is 1.79 bits per heavy atom. The maximum absolute atomic E-state index is 12.3. The number of rotatable bonds is 10. The summed E-state index contributed by atoms with van der Waals surface area (Å²) < 4.78 is 10.4. The molecule has 0 radical (unpaired) electrons. The van der Waals surface area contributed by atoms with Crippen molar-refractivity contribution in [2.75, 3.05) is 19.8 Å². The zero-order valence-corrected chi connectivity index (χ0v) is 16.6. The van der Waals surface area contributed by atoms with Crippen LogP contribution >= 0.6 is 11.6 Å². The molecular weight excluding hydrogens is 400 g/mol. The van der Waals surface area contributed by atoms with Crippen LogP contribution in [-0.4, -0.2) is 36.6 Å². The number of carbonyl (C=O) groups excluding carboxylic acids is 2. The molecule has 1 N–H and O–H groups in total. The molecule has 0 spiro atoms. The highest BCUT2D eigenvalue weighted by atomic mass is 35.5. The summed E-state index contributed by atoms with van der Waals surface area (Å²) in [6, 6.07) is 10.5. The summed E-state index contributed by atoms with van der Waals surface area (Å²) in [6.45, 7) is 2.59. The smallest absolute Gasteiger partial charge is 0.338 e. The van der Waals surface area contributed by atoms with Crippen LogP contribution in [0.25, 0.3) is 0 Å². The second-order valence-corrected chi connectivity index (χ2v) is 6.45. The van der Waals surface area contributed by atoms with Crippen LogP contribution in [0.3, 0.4) is 0 Å². The van der Waals surface area contributed by atoms with Crippen molar-refractivity contribution in [3.63, 3.8) is 0 Å². The Hall–Kier alpha value is -3.13. The Morgan fingerprint density at radius 1 is 1.10 bits per heavy atom. The van der Waals surface area contributed by atoms with Gasteiger partial charge in [0.15, 0.2) is 0 Å². The predicted molar refractivity (Wildman–Crippen MR) is 108 cm³/mol. The van der Waals surface area contributed by atoms with Gasteiger partial charge in [-0.15, -0.1) is 0 Å². The first-order valence-electron chi connectivity index (χ1n) is 9.04. The monoisotopic (exact) mass is 420 g/mol. The first kappa shape index (κ1) is 22.2. The van der Waals surface area contributed by atoms with E-state index < -0.39 is 16.8 Å². The van der Waals surface area contributed by atoms with E-state index in [2.05, 4.69) is 5.32 Å². The number of hydrogen-bond donors (Lipinski definition) is 1. The molecule has 8 nitrogen and oxygen atoms in total. The molecule has 2 aromatic carbocycles. The minimum atomic E-state index is -0.718. The fourth-order valence-electron chi connectivity index (χ4n) is 2.43. The number of ether oxygens (including phenoxy) is 2. The molecule has 0 aliphatic rings. The second kappa shape index (κ2) is 11.0. The van der Waals surface area contributed by atoms with Gasteiger partial charge in [0.25, 0.3) is 11.6 Å². The largest absolute Gasteiger partial charge is 0.494 e. The molecule has 29 heavy (non-hydrogen) atoms. The Balaban J connectivity index is 1.85. The van der Waals surface area contributed by atoms with Gasteiger partial charge >= 0.3 is 5.97 Å². The summed E-state index contributed by atoms with van der Waals surface area (Å²) in [5.74, 6) is -0.510. The summed E-state index contributed by atoms with van der Waals surface area (Å²) in [5, 5.41) is 14.4. The molecule has 0 atom stereocenters. The third-order valence-electron chi connectivity index (χ3n) is 3.84. The summed E-state index contributed by atoms with van der Waals surface area (Å²) in [4.78, 5) is 34.6. The molecule has 9 heteroatoms. The lowest BCUT2D eigenvalue weighted by atomic mass is 10.1. The lowest BCUT2D eigenvalue weighted by Gasteiger charge is -2.08. The molecule has 0 aliphatic heterocycles. The average Bonchev–Trinajstić information content (AvgIpc) is 2.71. The van der Waals surface area contributed by atoms with E-state index in [0.29, 0.717) is 36.8 Å². The van der Waals surface area contributed by atoms with E-state index in [0.717, 1.165) is 12.1 Å². The quantitative estimate of drug-likeness (QED) is 0.269. The van der Waals surface area contributed by atoms with Crippen molar-refractivity contribution >= 4 is 29.2 Å². The molecule has 2 rings (SSSR count). The van der Waals surface area contributed by atoms with Crippen molar-refractivity contribution in [2.45, 2.75) is 19.8 Å². The number of unbranched alkanes of at least 4 members (excludes halogenated alkanes) is 1. The minimum Gasteiger partial charge on any atom is -0.494 e. The van der Waals surface area contributed by atoms with Crippen molar-refractivity contribution in [2.24, 2.45) is 0 Å². The van der Waals surface area contributed by atoms with Crippen LogP contribution in [0.15, 0.2) is 42.5 Å². The maximum Gasteiger partial charge on any atom is 0.338 e. The number of benzene rings is 2. The van der Waals surface area contributed by atoms with Gasteiger partial charge in [0.1, 0.15) is 5.75 Å². The van der Waals surface area contributed by atoms with Crippen LogP contribution in [0.2, 0.25) is 5.02 Å². The van der Waals surface area contributed by atoms with Crippen molar-refractivity contribution in [1.82, 2.24) is 5.32 Å². The molecule has 0 bridgehead atoms. The third kappa shape index (κ3) is 7.08. The molecule has 0 unspecified atom stereocenters. The topological polar surface area (TPSA) is 108 Å². The van der Waals surface area contributed by atoms with Crippen molar-refractivity contribution in [1.29, 1.82) is 0 Å². The van der Waals surface area contributed by atoms with Gasteiger partial charge in [0, 0.05) is 29.3 Å². The number of amides is 1. The van der Waals surface area contributed by atoms with E-state index in [1.54, 1.807) is 31.2 Å². The predicted octanol–water partition coefficient (Wildman–Crippen LogP) is 4.01. The summed E-state index contributed by atoms with van der Waals surface area (Å²) in [6.07, 6.45) is 1.35. The van der Waals surface area contributed by atoms with Gasteiger partial charge in [-0.05, 0) is 50.1 Å². The van der Waals surface area contributed by atoms with Gasteiger partial charge in [-0.2, -0.15) is 0 Å². The van der Waals surface area contributed by atoms with Crippen LogP contribution in [0.1, 0.15) is 40.5 Å². The fraction of sp³-hybridized carbons (Fsp3) is 0.300. The number of halogens is 1. The van der Waals surface area contributed by atoms with Gasteiger partial charge in [-0.1, -0.05) is 11.6 Å². The number of nitrogens with zero attached hydrogens (tertiary/aromatic N) is 1. The fourth-order valence-corrected chi connectivity index (χ4v) is 2.56. The van der Waals surface area contributed by atoms with E-state index in [1.165, 1.54) is 6.07 Å². The van der Waals surface area contributed by atoms with Crippen LogP contribution in [-0.2, 0) is 4.74 Å². The second-order valence-electron chi connectivity index (χ2n) is 6.01. The minimum absolute atomic E-state index is 0.0275. The highest BCUT2D eigenvalue weighted by Gasteiger charge is 2.18. The molecule has 0 aliphatic carbocycles. The van der Waals surface area contributed by atoms with Crippen molar-refractivity contribution < 1.29 is 24.0 Å². The molecule has 154 valence electrons. The zero-order chi connectivity index (χ0) is 21.2. The molecule has 0 aromatic heterocycles. The average molecular weight is 421 g/mol. The van der Waals surface area contributed by atoms with E-state index in [4.69, 9.17) is 21.1 Å². The number of nitro groups is 1. The van der Waals surface area contributed by atoms with E-state index in [-0.39, 0.29) is 23.4 Å². The number of non-ortho nitro benzene ring substituents is 1. The molecule has 0 heterocycles. The van der Waals surface area contributed by atoms with Crippen molar-refractivity contribution in [3.8, 4) is 5.75 Å². The third-order valence-corrected chi connectivity index (χ3v) is 4.09. The first-order chi connectivity index (χ1) is 13.9. The van der Waals surface area contributed by atoms with Gasteiger partial charge in [-0.25, -0.2) is 4.79 Å². The molecule has 0 fully saturated rings. The van der Waals surface area contributed by atoms with Crippen LogP contribution in [0.5, 0.6) is 5.75 Å². The Bertz CT molecular complexity index is 870. The number of esters is 1. The van der Waals surface area contributed by atoms with E-state index >= 15 is 0 Å². The van der Waals surface area contributed by atoms with E-state index in [1.807, 2.05) is 0 Å². The normalized spacial score (nSPS) is 10.3. The number of hydrogen-bond acceptors (Lipinski definition) is 6. The summed E-state index contributed by atoms with van der Waals surface area (Å²) in [7, 11) is 0. The van der Waals surface area contributed by atoms with Gasteiger partial charge in [0.05, 0.1) is 23.7 Å². The number of carbonyl (C=O) groups is 2. The standard InChI is InChI=1S/C20H21ClN2O6/c1-2-28-20(25)15-11-14(12-17(13-15)23(26)27)19(24)22-9-3-4-10-29-18-7-5-16(21)6-8-18/h5-8,11-13H,2-4,9-10H2,1H3,(H,22,24). The lowest BCUT2D eigenvalue weighted by molar-refractivity contribution is -0.384. The van der Waals surface area contributed by atoms with Gasteiger partial charge in [0.2, 0.25) is 0 Å². The van der Waals surface area contributed by atoms with Crippen LogP contribution in [0, 0.1) is 10.1 Å². The number of nitro benzene ring substituents is 1. The zero-order valence-electron chi connectivity index (χ0n) is 15.9. The highest BCUT2D eigenvalue weighted by Crippen LogP contribution is 2.18. The molecular formula is C20H21ClN2O6. The molecule has 2 aromatic rings. The first-order valence-corrected chi connectivity index (χ1v) is 9.41. The molecule has 0 saturated carbocycles. The number of nitrogens with one attached hydrogen (secondary N) is 1. The molecule has 1 amide bonds. The van der Waals surface area contributed by atoms with Gasteiger partial charge < -0.3 is 14.8 Å². The SMILES string of the molecule is CCOC(=O)c1cc(C(=O)NCCCCOc2ccc(Cl)cc2)cc([N+](=O)[O-])c1.